The number of carbonyl (C=O) groups is 1. The normalized spacial score (nSPS) is 12.2. The van der Waals surface area contributed by atoms with E-state index in [0.717, 1.165) is 5.56 Å². The van der Waals surface area contributed by atoms with Gasteiger partial charge in [-0.05, 0) is 24.0 Å². The van der Waals surface area contributed by atoms with Crippen molar-refractivity contribution in [2.45, 2.75) is 17.5 Å². The summed E-state index contributed by atoms with van der Waals surface area (Å²) in [5.74, 6) is -0.337. The topological polar surface area (TPSA) is 75.4 Å². The lowest BCUT2D eigenvalue weighted by atomic mass is 10.2. The molecule has 1 aromatic rings. The maximum Gasteiger partial charge on any atom is 0.239 e. The molecule has 0 aliphatic rings. The molecule has 88 valence electrons. The Morgan fingerprint density at radius 1 is 1.50 bits per heavy atom. The molecule has 0 aliphatic carbocycles. The molecule has 0 aliphatic heterocycles. The standard InChI is InChI=1S/C11H16N2O2S/c1-16-9-4-2-8(3-5-9)6-13-11(15)10(12)7-14/h2-5,10,14H,6-7,12H2,1H3,(H,13,15). The summed E-state index contributed by atoms with van der Waals surface area (Å²) >= 11 is 1.67. The third-order valence-corrected chi connectivity index (χ3v) is 2.90. The molecule has 0 saturated carbocycles. The number of aliphatic hydroxyl groups excluding tert-OH is 1. The van der Waals surface area contributed by atoms with E-state index >= 15 is 0 Å². The Morgan fingerprint density at radius 2 is 2.12 bits per heavy atom. The van der Waals surface area contributed by atoms with Crippen molar-refractivity contribution < 1.29 is 9.90 Å². The van der Waals surface area contributed by atoms with E-state index in [1.807, 2.05) is 30.5 Å². The molecule has 0 bridgehead atoms. The smallest absolute Gasteiger partial charge is 0.239 e. The average molecular weight is 240 g/mol. The number of nitrogens with two attached hydrogens (primary N) is 1. The Hall–Kier alpha value is -1.04. The summed E-state index contributed by atoms with van der Waals surface area (Å²) in [5.41, 5.74) is 6.37. The van der Waals surface area contributed by atoms with E-state index in [4.69, 9.17) is 10.8 Å². The molecule has 1 atom stereocenters. The second-order valence-electron chi connectivity index (χ2n) is 3.35. The number of nitrogens with one attached hydrogen (secondary N) is 1. The van der Waals surface area contributed by atoms with Gasteiger partial charge in [0.25, 0.3) is 0 Å². The monoisotopic (exact) mass is 240 g/mol. The highest BCUT2D eigenvalue weighted by molar-refractivity contribution is 7.98. The summed E-state index contributed by atoms with van der Waals surface area (Å²) < 4.78 is 0. The predicted octanol–water partition coefficient (Wildman–Crippen LogP) is 0.344. The van der Waals surface area contributed by atoms with E-state index in [1.54, 1.807) is 11.8 Å². The van der Waals surface area contributed by atoms with Gasteiger partial charge in [0, 0.05) is 11.4 Å². The maximum absolute atomic E-state index is 11.3. The number of amides is 1. The van der Waals surface area contributed by atoms with E-state index < -0.39 is 6.04 Å². The molecule has 1 rings (SSSR count). The lowest BCUT2D eigenvalue weighted by Gasteiger charge is -2.09. The minimum Gasteiger partial charge on any atom is -0.394 e. The summed E-state index contributed by atoms with van der Waals surface area (Å²) in [5, 5.41) is 11.3. The van der Waals surface area contributed by atoms with E-state index in [2.05, 4.69) is 5.32 Å². The second kappa shape index (κ2) is 6.52. The fraction of sp³-hybridized carbons (Fsp3) is 0.364. The number of rotatable bonds is 5. The molecule has 5 heteroatoms. The Bertz CT molecular complexity index is 340. The number of thioether (sulfide) groups is 1. The summed E-state index contributed by atoms with van der Waals surface area (Å²) in [6, 6.07) is 7.06. The zero-order valence-electron chi connectivity index (χ0n) is 9.14. The molecule has 0 radical (unpaired) electrons. The van der Waals surface area contributed by atoms with Gasteiger partial charge in [0.15, 0.2) is 0 Å². The molecular formula is C11H16N2O2S. The van der Waals surface area contributed by atoms with Crippen molar-refractivity contribution >= 4 is 17.7 Å². The van der Waals surface area contributed by atoms with Crippen molar-refractivity contribution in [3.63, 3.8) is 0 Å². The van der Waals surface area contributed by atoms with E-state index in [9.17, 15) is 4.79 Å². The van der Waals surface area contributed by atoms with Crippen molar-refractivity contribution in [3.05, 3.63) is 29.8 Å². The first kappa shape index (κ1) is 13.0. The Morgan fingerprint density at radius 3 is 2.62 bits per heavy atom. The van der Waals surface area contributed by atoms with Crippen LogP contribution in [0.3, 0.4) is 0 Å². The van der Waals surface area contributed by atoms with Crippen LogP contribution in [-0.2, 0) is 11.3 Å². The largest absolute Gasteiger partial charge is 0.394 e. The van der Waals surface area contributed by atoms with Gasteiger partial charge in [-0.3, -0.25) is 4.79 Å². The zero-order valence-corrected chi connectivity index (χ0v) is 9.96. The first-order valence-electron chi connectivity index (χ1n) is 4.94. The quantitative estimate of drug-likeness (QED) is 0.649. The summed E-state index contributed by atoms with van der Waals surface area (Å²) in [4.78, 5) is 12.5. The van der Waals surface area contributed by atoms with Crippen molar-refractivity contribution in [1.82, 2.24) is 5.32 Å². The van der Waals surface area contributed by atoms with Gasteiger partial charge in [-0.1, -0.05) is 12.1 Å². The minimum atomic E-state index is -0.842. The molecule has 16 heavy (non-hydrogen) atoms. The van der Waals surface area contributed by atoms with Gasteiger partial charge in [-0.25, -0.2) is 0 Å². The SMILES string of the molecule is CSc1ccc(CNC(=O)C(N)CO)cc1. The molecule has 4 N–H and O–H groups in total. The van der Waals surface area contributed by atoms with Crippen LogP contribution in [0.4, 0.5) is 0 Å². The van der Waals surface area contributed by atoms with Crippen LogP contribution in [-0.4, -0.2) is 29.9 Å². The first-order chi connectivity index (χ1) is 7.67. The van der Waals surface area contributed by atoms with Crippen LogP contribution < -0.4 is 11.1 Å². The molecular weight excluding hydrogens is 224 g/mol. The van der Waals surface area contributed by atoms with Gasteiger partial charge in [0.2, 0.25) is 5.91 Å². The van der Waals surface area contributed by atoms with Crippen molar-refractivity contribution in [1.29, 1.82) is 0 Å². The summed E-state index contributed by atoms with van der Waals surface area (Å²) in [6.07, 6.45) is 2.01. The zero-order chi connectivity index (χ0) is 12.0. The van der Waals surface area contributed by atoms with Gasteiger partial charge >= 0.3 is 0 Å². The molecule has 0 spiro atoms. The van der Waals surface area contributed by atoms with Gasteiger partial charge in [0.1, 0.15) is 6.04 Å². The highest BCUT2D eigenvalue weighted by Crippen LogP contribution is 2.14. The molecule has 1 amide bonds. The molecule has 0 heterocycles. The molecule has 1 unspecified atom stereocenters. The lowest BCUT2D eigenvalue weighted by molar-refractivity contribution is -0.123. The van der Waals surface area contributed by atoms with Crippen LogP contribution in [0.5, 0.6) is 0 Å². The van der Waals surface area contributed by atoms with Gasteiger partial charge < -0.3 is 16.2 Å². The third kappa shape index (κ3) is 3.84. The van der Waals surface area contributed by atoms with Crippen LogP contribution in [0.25, 0.3) is 0 Å². The fourth-order valence-electron chi connectivity index (χ4n) is 1.15. The minimum absolute atomic E-state index is 0.336. The van der Waals surface area contributed by atoms with Crippen LogP contribution in [0, 0.1) is 0 Å². The Balaban J connectivity index is 2.45. The highest BCUT2D eigenvalue weighted by atomic mass is 32.2. The molecule has 0 saturated heterocycles. The number of hydrogen-bond donors (Lipinski definition) is 3. The van der Waals surface area contributed by atoms with Gasteiger partial charge in [0.05, 0.1) is 6.61 Å². The molecule has 0 fully saturated rings. The summed E-state index contributed by atoms with van der Waals surface area (Å²) in [6.45, 7) is 0.0957. The van der Waals surface area contributed by atoms with Crippen molar-refractivity contribution in [3.8, 4) is 0 Å². The van der Waals surface area contributed by atoms with Crippen molar-refractivity contribution in [2.24, 2.45) is 5.73 Å². The molecule has 4 nitrogen and oxygen atoms in total. The van der Waals surface area contributed by atoms with Gasteiger partial charge in [-0.15, -0.1) is 11.8 Å². The van der Waals surface area contributed by atoms with Crippen LogP contribution in [0.15, 0.2) is 29.2 Å². The van der Waals surface area contributed by atoms with Crippen LogP contribution >= 0.6 is 11.8 Å². The summed E-state index contributed by atoms with van der Waals surface area (Å²) in [7, 11) is 0. The maximum atomic E-state index is 11.3. The Labute approximate surface area is 99.2 Å². The lowest BCUT2D eigenvalue weighted by Crippen LogP contribution is -2.42. The third-order valence-electron chi connectivity index (χ3n) is 2.16. The van der Waals surface area contributed by atoms with Crippen molar-refractivity contribution in [2.75, 3.05) is 12.9 Å². The number of aliphatic hydroxyl groups is 1. The Kier molecular flexibility index (Phi) is 5.31. The van der Waals surface area contributed by atoms with Crippen LogP contribution in [0.2, 0.25) is 0 Å². The molecule has 1 aromatic carbocycles. The number of hydrogen-bond acceptors (Lipinski definition) is 4. The number of carbonyl (C=O) groups excluding carboxylic acids is 1. The fourth-order valence-corrected chi connectivity index (χ4v) is 1.55. The highest BCUT2D eigenvalue weighted by Gasteiger charge is 2.10. The number of benzene rings is 1. The molecule has 0 aromatic heterocycles. The van der Waals surface area contributed by atoms with Crippen LogP contribution in [0.1, 0.15) is 5.56 Å². The second-order valence-corrected chi connectivity index (χ2v) is 4.23. The van der Waals surface area contributed by atoms with E-state index in [0.29, 0.717) is 6.54 Å². The van der Waals surface area contributed by atoms with E-state index in [-0.39, 0.29) is 12.5 Å². The van der Waals surface area contributed by atoms with Gasteiger partial charge in [-0.2, -0.15) is 0 Å². The average Bonchev–Trinajstić information content (AvgIpc) is 2.35. The van der Waals surface area contributed by atoms with E-state index in [1.165, 1.54) is 4.90 Å². The predicted molar refractivity (Wildman–Crippen MR) is 65.1 cm³/mol. The first-order valence-corrected chi connectivity index (χ1v) is 6.17.